The molecule has 3 aromatic rings. The summed E-state index contributed by atoms with van der Waals surface area (Å²) in [6, 6.07) is 13.8. The maximum absolute atomic E-state index is 5.58. The average molecular weight is 280 g/mol. The lowest BCUT2D eigenvalue weighted by Gasteiger charge is -2.03. The number of hydrazone groups is 1. The summed E-state index contributed by atoms with van der Waals surface area (Å²) in [6.45, 7) is 2.11. The highest BCUT2D eigenvalue weighted by molar-refractivity contribution is 5.99. The van der Waals surface area contributed by atoms with Crippen molar-refractivity contribution in [1.82, 2.24) is 9.97 Å². The van der Waals surface area contributed by atoms with Crippen LogP contribution in [0, 0.1) is 0 Å². The molecule has 0 amide bonds. The molecule has 3 rings (SSSR count). The minimum atomic E-state index is 0.390. The van der Waals surface area contributed by atoms with Gasteiger partial charge in [-0.3, -0.25) is 4.98 Å². The normalized spacial score (nSPS) is 11.8. The fourth-order valence-corrected chi connectivity index (χ4v) is 2.05. The zero-order valence-electron chi connectivity index (χ0n) is 11.8. The number of hydrogen-bond donors (Lipinski definition) is 1. The fraction of sp³-hybridized carbons (Fsp3) is 0.188. The quantitative estimate of drug-likeness (QED) is 0.569. The Hall–Kier alpha value is -2.69. The Bertz CT molecular complexity index is 716. The monoisotopic (exact) mass is 280 g/mol. The van der Waals surface area contributed by atoms with Crippen molar-refractivity contribution in [2.45, 2.75) is 19.8 Å². The van der Waals surface area contributed by atoms with E-state index in [1.54, 1.807) is 6.20 Å². The van der Waals surface area contributed by atoms with Crippen molar-refractivity contribution >= 4 is 22.8 Å². The molecule has 0 bridgehead atoms. The second kappa shape index (κ2) is 6.17. The first-order valence-corrected chi connectivity index (χ1v) is 6.96. The Morgan fingerprint density at radius 2 is 2.05 bits per heavy atom. The highest BCUT2D eigenvalue weighted by atomic mass is 16.4. The number of aromatic nitrogens is 2. The Balaban J connectivity index is 1.84. The molecule has 0 atom stereocenters. The van der Waals surface area contributed by atoms with Crippen molar-refractivity contribution in [3.63, 3.8) is 0 Å². The Kier molecular flexibility index (Phi) is 3.91. The molecule has 0 saturated carbocycles. The van der Waals surface area contributed by atoms with Crippen LogP contribution in [0.5, 0.6) is 0 Å². The van der Waals surface area contributed by atoms with Crippen LogP contribution < -0.4 is 5.43 Å². The maximum atomic E-state index is 5.58. The van der Waals surface area contributed by atoms with E-state index in [2.05, 4.69) is 27.4 Å². The van der Waals surface area contributed by atoms with Gasteiger partial charge in [0.15, 0.2) is 5.58 Å². The highest BCUT2D eigenvalue weighted by Gasteiger charge is 2.06. The van der Waals surface area contributed by atoms with Gasteiger partial charge in [-0.25, -0.2) is 5.43 Å². The second-order valence-corrected chi connectivity index (χ2v) is 4.62. The Morgan fingerprint density at radius 1 is 1.19 bits per heavy atom. The minimum Gasteiger partial charge on any atom is -0.422 e. The van der Waals surface area contributed by atoms with Crippen molar-refractivity contribution in [2.75, 3.05) is 5.43 Å². The molecule has 21 heavy (non-hydrogen) atoms. The van der Waals surface area contributed by atoms with E-state index in [1.807, 2.05) is 42.5 Å². The van der Waals surface area contributed by atoms with E-state index in [0.29, 0.717) is 6.01 Å². The van der Waals surface area contributed by atoms with Gasteiger partial charge in [-0.1, -0.05) is 31.5 Å². The number of fused-ring (bicyclic) bond motifs is 1. The van der Waals surface area contributed by atoms with Crippen molar-refractivity contribution < 1.29 is 4.42 Å². The van der Waals surface area contributed by atoms with Crippen LogP contribution in [-0.4, -0.2) is 15.7 Å². The lowest BCUT2D eigenvalue weighted by Crippen LogP contribution is -2.06. The van der Waals surface area contributed by atoms with Crippen LogP contribution in [0.4, 0.5) is 6.01 Å². The van der Waals surface area contributed by atoms with Gasteiger partial charge in [0.25, 0.3) is 0 Å². The largest absolute Gasteiger partial charge is 0.422 e. The fourth-order valence-electron chi connectivity index (χ4n) is 2.05. The average Bonchev–Trinajstić information content (AvgIpc) is 2.95. The molecule has 0 aliphatic heterocycles. The third-order valence-corrected chi connectivity index (χ3v) is 3.03. The van der Waals surface area contributed by atoms with Gasteiger partial charge in [-0.05, 0) is 30.7 Å². The van der Waals surface area contributed by atoms with Gasteiger partial charge in [-0.2, -0.15) is 10.1 Å². The van der Waals surface area contributed by atoms with Gasteiger partial charge in [0.1, 0.15) is 5.52 Å². The lowest BCUT2D eigenvalue weighted by atomic mass is 10.1. The number of anilines is 1. The van der Waals surface area contributed by atoms with Gasteiger partial charge < -0.3 is 4.42 Å². The molecule has 2 aromatic heterocycles. The van der Waals surface area contributed by atoms with Crippen molar-refractivity contribution in [3.05, 3.63) is 54.4 Å². The number of nitrogens with zero attached hydrogens (tertiary/aromatic N) is 3. The molecule has 5 heteroatoms. The molecular weight excluding hydrogens is 264 g/mol. The molecule has 0 aliphatic rings. The standard InChI is InChI=1S/C16H16N4O/c1-2-7-13(12-8-5-6-11-17-12)19-20-16-18-14-9-3-4-10-15(14)21-16/h3-6,8-11H,2,7H2,1H3,(H,18,20)/b19-13+. The molecule has 5 nitrogen and oxygen atoms in total. The summed E-state index contributed by atoms with van der Waals surface area (Å²) >= 11 is 0. The Morgan fingerprint density at radius 3 is 2.81 bits per heavy atom. The SMILES string of the molecule is CCC/C(=N\Nc1nc2ccccc2o1)c1ccccn1. The van der Waals surface area contributed by atoms with E-state index < -0.39 is 0 Å². The zero-order valence-corrected chi connectivity index (χ0v) is 11.8. The van der Waals surface area contributed by atoms with Gasteiger partial charge in [-0.15, -0.1) is 0 Å². The topological polar surface area (TPSA) is 63.3 Å². The van der Waals surface area contributed by atoms with Gasteiger partial charge in [0, 0.05) is 6.20 Å². The number of oxazole rings is 1. The summed E-state index contributed by atoms with van der Waals surface area (Å²) in [5.74, 6) is 0. The number of rotatable bonds is 5. The molecule has 1 aromatic carbocycles. The Labute approximate surface area is 122 Å². The van der Waals surface area contributed by atoms with Crippen molar-refractivity contribution in [2.24, 2.45) is 5.10 Å². The first kappa shape index (κ1) is 13.3. The zero-order chi connectivity index (χ0) is 14.5. The van der Waals surface area contributed by atoms with Crippen molar-refractivity contribution in [3.8, 4) is 0 Å². The van der Waals surface area contributed by atoms with E-state index in [1.165, 1.54) is 0 Å². The van der Waals surface area contributed by atoms with E-state index >= 15 is 0 Å². The number of benzene rings is 1. The van der Waals surface area contributed by atoms with Gasteiger partial charge >= 0.3 is 6.01 Å². The highest BCUT2D eigenvalue weighted by Crippen LogP contribution is 2.18. The summed E-state index contributed by atoms with van der Waals surface area (Å²) in [6.07, 6.45) is 3.59. The summed E-state index contributed by atoms with van der Waals surface area (Å²) < 4.78 is 5.58. The molecule has 0 aliphatic carbocycles. The molecule has 0 saturated heterocycles. The summed E-state index contributed by atoms with van der Waals surface area (Å²) in [5, 5.41) is 4.40. The van der Waals surface area contributed by atoms with Gasteiger partial charge in [0.05, 0.1) is 11.4 Å². The number of para-hydroxylation sites is 2. The molecule has 2 heterocycles. The van der Waals surface area contributed by atoms with Crippen molar-refractivity contribution in [1.29, 1.82) is 0 Å². The number of pyridine rings is 1. The van der Waals surface area contributed by atoms with Crippen LogP contribution in [0.25, 0.3) is 11.1 Å². The molecule has 1 N–H and O–H groups in total. The summed E-state index contributed by atoms with van der Waals surface area (Å²) in [4.78, 5) is 8.66. The third kappa shape index (κ3) is 3.08. The van der Waals surface area contributed by atoms with E-state index in [4.69, 9.17) is 4.42 Å². The van der Waals surface area contributed by atoms with Crippen LogP contribution in [0.2, 0.25) is 0 Å². The maximum Gasteiger partial charge on any atom is 0.316 e. The number of nitrogens with one attached hydrogen (secondary N) is 1. The molecule has 106 valence electrons. The molecule has 0 unspecified atom stereocenters. The first-order valence-electron chi connectivity index (χ1n) is 6.96. The predicted molar refractivity (Wildman–Crippen MR) is 83.3 cm³/mol. The summed E-state index contributed by atoms with van der Waals surface area (Å²) in [7, 11) is 0. The molecular formula is C16H16N4O. The first-order chi connectivity index (χ1) is 10.4. The van der Waals surface area contributed by atoms with Crippen LogP contribution >= 0.6 is 0 Å². The van der Waals surface area contributed by atoms with Crippen LogP contribution in [-0.2, 0) is 0 Å². The number of hydrogen-bond acceptors (Lipinski definition) is 5. The van der Waals surface area contributed by atoms with Crippen LogP contribution in [0.3, 0.4) is 0 Å². The van der Waals surface area contributed by atoms with Crippen LogP contribution in [0.1, 0.15) is 25.5 Å². The molecule has 0 spiro atoms. The lowest BCUT2D eigenvalue weighted by molar-refractivity contribution is 0.617. The minimum absolute atomic E-state index is 0.390. The molecule has 0 fully saturated rings. The summed E-state index contributed by atoms with van der Waals surface area (Å²) in [5.41, 5.74) is 6.19. The van der Waals surface area contributed by atoms with Gasteiger partial charge in [0.2, 0.25) is 0 Å². The predicted octanol–water partition coefficient (Wildman–Crippen LogP) is 3.84. The van der Waals surface area contributed by atoms with E-state index in [0.717, 1.165) is 35.3 Å². The van der Waals surface area contributed by atoms with E-state index in [9.17, 15) is 0 Å². The third-order valence-electron chi connectivity index (χ3n) is 3.03. The second-order valence-electron chi connectivity index (χ2n) is 4.62. The smallest absolute Gasteiger partial charge is 0.316 e. The molecule has 0 radical (unpaired) electrons. The van der Waals surface area contributed by atoms with Crippen LogP contribution in [0.15, 0.2) is 58.2 Å². The van der Waals surface area contributed by atoms with E-state index in [-0.39, 0.29) is 0 Å².